The van der Waals surface area contributed by atoms with E-state index in [1.807, 2.05) is 11.3 Å². The number of anilines is 6. The highest BCUT2D eigenvalue weighted by Gasteiger charge is 2.24. The number of fused-ring (bicyclic) bond motifs is 9. The van der Waals surface area contributed by atoms with Crippen molar-refractivity contribution >= 4 is 109 Å². The lowest BCUT2D eigenvalue weighted by Gasteiger charge is -2.31. The van der Waals surface area contributed by atoms with Gasteiger partial charge in [0.2, 0.25) is 0 Å². The summed E-state index contributed by atoms with van der Waals surface area (Å²) in [6.07, 6.45) is 0. The molecular weight excluding hydrogens is 963 g/mol. The van der Waals surface area contributed by atoms with Gasteiger partial charge >= 0.3 is 0 Å². The van der Waals surface area contributed by atoms with Crippen molar-refractivity contribution < 1.29 is 0 Å². The molecule has 0 saturated carbocycles. The Bertz CT molecular complexity index is 4520. The maximum Gasteiger partial charge on any atom is 0.0555 e. The first-order valence-electron chi connectivity index (χ1n) is 26.6. The van der Waals surface area contributed by atoms with Gasteiger partial charge in [0.1, 0.15) is 0 Å². The molecule has 0 aliphatic carbocycles. The molecule has 2 heterocycles. The highest BCUT2D eigenvalue weighted by molar-refractivity contribution is 7.26. The zero-order valence-corrected chi connectivity index (χ0v) is 43.4. The van der Waals surface area contributed by atoms with Gasteiger partial charge in [-0.05, 0) is 135 Å². The maximum absolute atomic E-state index is 2.46. The Morgan fingerprint density at radius 2 is 0.731 bits per heavy atom. The third kappa shape index (κ3) is 7.81. The van der Waals surface area contributed by atoms with E-state index in [2.05, 4.69) is 312 Å². The Morgan fingerprint density at radius 3 is 1.31 bits per heavy atom. The van der Waals surface area contributed by atoms with Gasteiger partial charge in [0.25, 0.3) is 0 Å². The molecule has 366 valence electrons. The van der Waals surface area contributed by atoms with E-state index in [0.29, 0.717) is 0 Å². The largest absolute Gasteiger partial charge is 0.310 e. The van der Waals surface area contributed by atoms with Gasteiger partial charge in [-0.1, -0.05) is 206 Å². The maximum atomic E-state index is 2.46. The molecule has 2 aromatic heterocycles. The highest BCUT2D eigenvalue weighted by Crippen LogP contribution is 2.49. The summed E-state index contributed by atoms with van der Waals surface area (Å²) in [5.74, 6) is 0. The van der Waals surface area contributed by atoms with Crippen LogP contribution in [-0.2, 0) is 0 Å². The number of hydrogen-bond acceptors (Lipinski definition) is 3. The second-order valence-electron chi connectivity index (χ2n) is 20.1. The van der Waals surface area contributed by atoms with Crippen LogP contribution in [0.4, 0.5) is 34.1 Å². The van der Waals surface area contributed by atoms with E-state index in [-0.39, 0.29) is 0 Å². The molecule has 13 aromatic carbocycles. The number of benzene rings is 13. The van der Waals surface area contributed by atoms with Gasteiger partial charge in [-0.2, -0.15) is 0 Å². The molecule has 0 radical (unpaired) electrons. The van der Waals surface area contributed by atoms with Crippen LogP contribution in [0.5, 0.6) is 0 Å². The molecule has 0 spiro atoms. The summed E-state index contributed by atoms with van der Waals surface area (Å²) in [5.41, 5.74) is 16.9. The topological polar surface area (TPSA) is 11.4 Å². The molecule has 15 aromatic rings. The smallest absolute Gasteiger partial charge is 0.0555 e. The molecule has 15 rings (SSSR count). The summed E-state index contributed by atoms with van der Waals surface area (Å²) < 4.78 is 5.05. The Labute approximate surface area is 457 Å². The first kappa shape index (κ1) is 45.4. The van der Waals surface area contributed by atoms with Crippen LogP contribution >= 0.6 is 11.3 Å². The summed E-state index contributed by atoms with van der Waals surface area (Å²) in [6.45, 7) is 0. The molecule has 0 amide bonds. The molecular formula is C74H49N3S. The van der Waals surface area contributed by atoms with Gasteiger partial charge in [0.05, 0.1) is 22.4 Å². The minimum absolute atomic E-state index is 1.04. The van der Waals surface area contributed by atoms with Gasteiger partial charge in [-0.25, -0.2) is 0 Å². The van der Waals surface area contributed by atoms with Crippen molar-refractivity contribution in [1.82, 2.24) is 4.57 Å². The molecule has 0 unspecified atom stereocenters. The summed E-state index contributed by atoms with van der Waals surface area (Å²) in [4.78, 5) is 4.93. The van der Waals surface area contributed by atoms with Gasteiger partial charge in [-0.15, -0.1) is 11.3 Å². The van der Waals surface area contributed by atoms with Gasteiger partial charge in [0, 0.05) is 70.2 Å². The first-order valence-corrected chi connectivity index (χ1v) is 27.5. The van der Waals surface area contributed by atoms with Crippen molar-refractivity contribution in [3.63, 3.8) is 0 Å². The second-order valence-corrected chi connectivity index (χ2v) is 21.1. The van der Waals surface area contributed by atoms with Crippen LogP contribution in [0.25, 0.3) is 103 Å². The molecule has 0 atom stereocenters. The van der Waals surface area contributed by atoms with Crippen LogP contribution in [0.1, 0.15) is 0 Å². The van der Waals surface area contributed by atoms with E-state index in [1.165, 1.54) is 85.8 Å². The average molecular weight is 1010 g/mol. The van der Waals surface area contributed by atoms with Crippen molar-refractivity contribution in [2.75, 3.05) is 9.80 Å². The van der Waals surface area contributed by atoms with Crippen LogP contribution in [0.15, 0.2) is 297 Å². The Balaban J connectivity index is 1.02. The van der Waals surface area contributed by atoms with Gasteiger partial charge in [0.15, 0.2) is 0 Å². The minimum Gasteiger partial charge on any atom is -0.310 e. The lowest BCUT2D eigenvalue weighted by atomic mass is 9.98. The lowest BCUT2D eigenvalue weighted by molar-refractivity contribution is 1.18. The predicted molar refractivity (Wildman–Crippen MR) is 334 cm³/mol. The number of aromatic nitrogens is 1. The average Bonchev–Trinajstić information content (AvgIpc) is 4.21. The summed E-state index contributed by atoms with van der Waals surface area (Å²) >= 11 is 1.89. The van der Waals surface area contributed by atoms with E-state index in [1.54, 1.807) is 0 Å². The number of para-hydroxylation sites is 1. The molecule has 0 N–H and O–H groups in total. The van der Waals surface area contributed by atoms with E-state index >= 15 is 0 Å². The lowest BCUT2D eigenvalue weighted by Crippen LogP contribution is -2.14. The van der Waals surface area contributed by atoms with Crippen LogP contribution in [-0.4, -0.2) is 4.57 Å². The molecule has 0 aliphatic heterocycles. The SMILES string of the molecule is c1ccc(-c2ccc(N(c3cc(-c4ccc5c(c4)c4c6sc7ccccc7c6ccc4n5-c4ccccc4)cc(N(c4ccc(-c5ccccc5)cc4)c4cccc5ccccc45)c3)c3cccc4ccccc34)cc2)cc1. The van der Waals surface area contributed by atoms with E-state index in [9.17, 15) is 0 Å². The van der Waals surface area contributed by atoms with E-state index < -0.39 is 0 Å². The number of hydrogen-bond donors (Lipinski definition) is 0. The fourth-order valence-electron chi connectivity index (χ4n) is 11.9. The molecule has 4 heteroatoms. The zero-order valence-electron chi connectivity index (χ0n) is 42.5. The number of thiophene rings is 1. The zero-order chi connectivity index (χ0) is 51.5. The highest BCUT2D eigenvalue weighted by atomic mass is 32.1. The predicted octanol–water partition coefficient (Wildman–Crippen LogP) is 21.4. The standard InChI is InChI=1S/C74H49N3S/c1-4-18-50(19-5-1)52-34-39-59(40-35-52)75(68-31-16-24-54-22-10-12-28-63(54)68)61-46-57(47-62(49-61)76(69-32-17-25-55-23-11-13-29-64(55)69)60-41-36-53(37-42-60)51-20-6-2-7-21-51)56-38-44-70-67(48-56)73-71(77(70)58-26-8-3-9-27-58)45-43-66-65-30-14-15-33-72(65)78-74(66)73/h1-49H. The van der Waals surface area contributed by atoms with Crippen molar-refractivity contribution in [3.05, 3.63) is 297 Å². The van der Waals surface area contributed by atoms with E-state index in [0.717, 1.165) is 50.9 Å². The molecule has 0 bridgehead atoms. The van der Waals surface area contributed by atoms with Crippen molar-refractivity contribution in [2.45, 2.75) is 0 Å². The van der Waals surface area contributed by atoms with Crippen molar-refractivity contribution in [1.29, 1.82) is 0 Å². The molecule has 0 saturated heterocycles. The Hall–Kier alpha value is -10.0. The molecule has 78 heavy (non-hydrogen) atoms. The molecule has 3 nitrogen and oxygen atoms in total. The van der Waals surface area contributed by atoms with Crippen LogP contribution < -0.4 is 9.80 Å². The van der Waals surface area contributed by atoms with Crippen LogP contribution in [0.3, 0.4) is 0 Å². The fourth-order valence-corrected chi connectivity index (χ4v) is 13.1. The first-order chi connectivity index (χ1) is 38.7. The molecule has 0 fully saturated rings. The number of rotatable bonds is 10. The van der Waals surface area contributed by atoms with Gasteiger partial charge in [-0.3, -0.25) is 0 Å². The third-order valence-corrected chi connectivity index (χ3v) is 16.7. The normalized spacial score (nSPS) is 11.6. The van der Waals surface area contributed by atoms with Crippen LogP contribution in [0.2, 0.25) is 0 Å². The minimum atomic E-state index is 1.04. The quantitative estimate of drug-likeness (QED) is 0.135. The van der Waals surface area contributed by atoms with E-state index in [4.69, 9.17) is 0 Å². The summed E-state index contributed by atoms with van der Waals surface area (Å²) in [7, 11) is 0. The molecule has 0 aliphatic rings. The fraction of sp³-hybridized carbons (Fsp3) is 0. The van der Waals surface area contributed by atoms with Gasteiger partial charge < -0.3 is 14.4 Å². The Kier molecular flexibility index (Phi) is 11.0. The Morgan fingerprint density at radius 1 is 0.269 bits per heavy atom. The second kappa shape index (κ2) is 19.0. The van der Waals surface area contributed by atoms with Crippen molar-refractivity contribution in [3.8, 4) is 39.1 Å². The third-order valence-electron chi connectivity index (χ3n) is 15.5. The monoisotopic (exact) mass is 1010 g/mol. The summed E-state index contributed by atoms with van der Waals surface area (Å²) in [5, 5.41) is 9.79. The van der Waals surface area contributed by atoms with Crippen LogP contribution in [0, 0.1) is 0 Å². The number of nitrogens with zero attached hydrogens (tertiary/aromatic N) is 3. The van der Waals surface area contributed by atoms with Crippen molar-refractivity contribution in [2.24, 2.45) is 0 Å². The summed E-state index contributed by atoms with van der Waals surface area (Å²) in [6, 6.07) is 109.